The molecule has 4 aromatic rings. The topological polar surface area (TPSA) is 124 Å². The predicted molar refractivity (Wildman–Crippen MR) is 112 cm³/mol. The number of sulfone groups is 1. The summed E-state index contributed by atoms with van der Waals surface area (Å²) in [5, 5.41) is 18.0. The second kappa shape index (κ2) is 7.80. The van der Waals surface area contributed by atoms with E-state index in [0.29, 0.717) is 16.5 Å². The highest BCUT2D eigenvalue weighted by molar-refractivity contribution is 7.91. The van der Waals surface area contributed by atoms with E-state index in [-0.39, 0.29) is 22.9 Å². The van der Waals surface area contributed by atoms with E-state index in [1.807, 2.05) is 0 Å². The van der Waals surface area contributed by atoms with Gasteiger partial charge in [0.2, 0.25) is 9.84 Å². The molecule has 0 aliphatic heterocycles. The van der Waals surface area contributed by atoms with Crippen molar-refractivity contribution in [3.05, 3.63) is 82.5 Å². The van der Waals surface area contributed by atoms with E-state index >= 15 is 0 Å². The summed E-state index contributed by atoms with van der Waals surface area (Å²) in [4.78, 5) is 24.0. The van der Waals surface area contributed by atoms with Crippen molar-refractivity contribution in [2.24, 2.45) is 0 Å². The standard InChI is InChI=1S/C21H18N4O5S/c1-14-11-24(13-20(26)27)23-19(14)12-25-21(28)18-8-7-17(9-15(18)10-22-25)31(29,30)16-5-3-2-4-6-16/h2-11H,12-13H2,1H3,(H,26,27). The summed E-state index contributed by atoms with van der Waals surface area (Å²) < 4.78 is 28.2. The van der Waals surface area contributed by atoms with Crippen LogP contribution in [0.1, 0.15) is 11.3 Å². The number of hydrogen-bond donors (Lipinski definition) is 1. The number of aryl methyl sites for hydroxylation is 1. The smallest absolute Gasteiger partial charge is 0.325 e. The zero-order chi connectivity index (χ0) is 22.2. The molecule has 0 spiro atoms. The number of benzene rings is 2. The van der Waals surface area contributed by atoms with Crippen LogP contribution in [0, 0.1) is 6.92 Å². The Morgan fingerprint density at radius 3 is 2.55 bits per heavy atom. The number of carbonyl (C=O) groups is 1. The molecule has 0 aliphatic rings. The molecule has 4 rings (SSSR count). The minimum atomic E-state index is -3.71. The lowest BCUT2D eigenvalue weighted by Crippen LogP contribution is -2.24. The number of fused-ring (bicyclic) bond motifs is 1. The van der Waals surface area contributed by atoms with Crippen molar-refractivity contribution in [2.75, 3.05) is 0 Å². The van der Waals surface area contributed by atoms with Gasteiger partial charge in [-0.15, -0.1) is 0 Å². The molecule has 0 aliphatic carbocycles. The van der Waals surface area contributed by atoms with Gasteiger partial charge in [0.05, 0.1) is 33.6 Å². The fraction of sp³-hybridized carbons (Fsp3) is 0.143. The van der Waals surface area contributed by atoms with Crippen LogP contribution in [0.5, 0.6) is 0 Å². The van der Waals surface area contributed by atoms with Gasteiger partial charge in [-0.25, -0.2) is 13.1 Å². The van der Waals surface area contributed by atoms with Crippen LogP contribution in [0.25, 0.3) is 10.8 Å². The second-order valence-electron chi connectivity index (χ2n) is 7.02. The first-order valence-corrected chi connectivity index (χ1v) is 10.8. The van der Waals surface area contributed by atoms with E-state index in [1.165, 1.54) is 45.9 Å². The maximum absolute atomic E-state index is 12.9. The second-order valence-corrected chi connectivity index (χ2v) is 8.97. The lowest BCUT2D eigenvalue weighted by Gasteiger charge is -2.08. The van der Waals surface area contributed by atoms with Gasteiger partial charge in [-0.1, -0.05) is 18.2 Å². The van der Waals surface area contributed by atoms with E-state index in [1.54, 1.807) is 31.3 Å². The van der Waals surface area contributed by atoms with E-state index in [0.717, 1.165) is 5.56 Å². The Bertz CT molecular complexity index is 1460. The molecule has 0 bridgehead atoms. The Balaban J connectivity index is 1.69. The van der Waals surface area contributed by atoms with Crippen LogP contribution >= 0.6 is 0 Å². The summed E-state index contributed by atoms with van der Waals surface area (Å²) in [5.41, 5.74) is 0.867. The molecular weight excluding hydrogens is 420 g/mol. The summed E-state index contributed by atoms with van der Waals surface area (Å²) in [6.45, 7) is 1.56. The van der Waals surface area contributed by atoms with Gasteiger partial charge in [-0.3, -0.25) is 14.3 Å². The van der Waals surface area contributed by atoms with Gasteiger partial charge < -0.3 is 5.11 Å². The molecule has 2 aromatic heterocycles. The lowest BCUT2D eigenvalue weighted by atomic mass is 10.2. The van der Waals surface area contributed by atoms with E-state index in [9.17, 15) is 18.0 Å². The molecule has 9 nitrogen and oxygen atoms in total. The molecule has 0 saturated heterocycles. The van der Waals surface area contributed by atoms with Gasteiger partial charge in [-0.05, 0) is 42.8 Å². The summed E-state index contributed by atoms with van der Waals surface area (Å²) in [7, 11) is -3.71. The fourth-order valence-corrected chi connectivity index (χ4v) is 4.58. The third-order valence-corrected chi connectivity index (χ3v) is 6.60. The monoisotopic (exact) mass is 438 g/mol. The summed E-state index contributed by atoms with van der Waals surface area (Å²) in [6, 6.07) is 12.4. The first-order valence-electron chi connectivity index (χ1n) is 9.30. The van der Waals surface area contributed by atoms with Crippen molar-refractivity contribution >= 4 is 26.6 Å². The summed E-state index contributed by atoms with van der Waals surface area (Å²) in [6.07, 6.45) is 3.03. The zero-order valence-corrected chi connectivity index (χ0v) is 17.3. The quantitative estimate of drug-likeness (QED) is 0.487. The number of aromatic nitrogens is 4. The highest BCUT2D eigenvalue weighted by Gasteiger charge is 2.18. The van der Waals surface area contributed by atoms with E-state index < -0.39 is 21.4 Å². The number of hydrogen-bond acceptors (Lipinski definition) is 6. The van der Waals surface area contributed by atoms with Crippen LogP contribution < -0.4 is 5.56 Å². The van der Waals surface area contributed by atoms with E-state index in [4.69, 9.17) is 5.11 Å². The van der Waals surface area contributed by atoms with Crippen LogP contribution in [0.2, 0.25) is 0 Å². The fourth-order valence-electron chi connectivity index (χ4n) is 3.26. The number of nitrogens with zero attached hydrogens (tertiary/aromatic N) is 4. The molecule has 0 fully saturated rings. The first-order chi connectivity index (χ1) is 14.8. The number of aliphatic carboxylic acids is 1. The van der Waals surface area contributed by atoms with Gasteiger partial charge >= 0.3 is 5.97 Å². The molecule has 158 valence electrons. The van der Waals surface area contributed by atoms with Crippen molar-refractivity contribution in [3.63, 3.8) is 0 Å². The largest absolute Gasteiger partial charge is 0.480 e. The van der Waals surface area contributed by atoms with Crippen LogP contribution in [0.3, 0.4) is 0 Å². The summed E-state index contributed by atoms with van der Waals surface area (Å²) >= 11 is 0. The lowest BCUT2D eigenvalue weighted by molar-refractivity contribution is -0.137. The predicted octanol–water partition coefficient (Wildman–Crippen LogP) is 1.87. The van der Waals surface area contributed by atoms with Crippen molar-refractivity contribution in [1.29, 1.82) is 0 Å². The highest BCUT2D eigenvalue weighted by Crippen LogP contribution is 2.23. The zero-order valence-electron chi connectivity index (χ0n) is 16.5. The highest BCUT2D eigenvalue weighted by atomic mass is 32.2. The molecular formula is C21H18N4O5S. The Kier molecular flexibility index (Phi) is 5.15. The SMILES string of the molecule is Cc1cn(CC(=O)O)nc1Cn1ncc2cc(S(=O)(=O)c3ccccc3)ccc2c1=O. The van der Waals surface area contributed by atoms with Crippen molar-refractivity contribution in [3.8, 4) is 0 Å². The Morgan fingerprint density at radius 2 is 1.84 bits per heavy atom. The van der Waals surface area contributed by atoms with Gasteiger partial charge in [0.25, 0.3) is 5.56 Å². The van der Waals surface area contributed by atoms with Crippen molar-refractivity contribution in [2.45, 2.75) is 29.8 Å². The molecule has 31 heavy (non-hydrogen) atoms. The summed E-state index contributed by atoms with van der Waals surface area (Å²) in [5.74, 6) is -1.02. The van der Waals surface area contributed by atoms with Crippen LogP contribution in [-0.2, 0) is 27.7 Å². The van der Waals surface area contributed by atoms with Crippen molar-refractivity contribution < 1.29 is 18.3 Å². The molecule has 0 atom stereocenters. The average Bonchev–Trinajstić information content (AvgIpc) is 3.08. The number of carboxylic acids is 1. The van der Waals surface area contributed by atoms with Crippen LogP contribution in [0.15, 0.2) is 75.5 Å². The van der Waals surface area contributed by atoms with Gasteiger partial charge in [0.1, 0.15) is 6.54 Å². The van der Waals surface area contributed by atoms with Crippen LogP contribution in [-0.4, -0.2) is 39.1 Å². The maximum Gasteiger partial charge on any atom is 0.325 e. The molecule has 10 heteroatoms. The third-order valence-electron chi connectivity index (χ3n) is 4.83. The minimum Gasteiger partial charge on any atom is -0.480 e. The molecule has 2 aromatic carbocycles. The van der Waals surface area contributed by atoms with Crippen LogP contribution in [0.4, 0.5) is 0 Å². The number of carboxylic acid groups (broad SMARTS) is 1. The Hall–Kier alpha value is -3.79. The molecule has 0 radical (unpaired) electrons. The normalized spacial score (nSPS) is 11.6. The molecule has 2 heterocycles. The third kappa shape index (κ3) is 3.97. The molecule has 0 amide bonds. The minimum absolute atomic E-state index is 0.0668. The van der Waals surface area contributed by atoms with Crippen molar-refractivity contribution in [1.82, 2.24) is 19.6 Å². The molecule has 0 unspecified atom stereocenters. The van der Waals surface area contributed by atoms with Gasteiger partial charge in [0.15, 0.2) is 0 Å². The average molecular weight is 438 g/mol. The first kappa shape index (κ1) is 20.5. The maximum atomic E-state index is 12.9. The molecule has 0 saturated carbocycles. The van der Waals surface area contributed by atoms with Gasteiger partial charge in [-0.2, -0.15) is 10.2 Å². The number of rotatable bonds is 6. The van der Waals surface area contributed by atoms with Gasteiger partial charge in [0, 0.05) is 11.6 Å². The Labute approximate surface area is 177 Å². The molecule has 1 N–H and O–H groups in total. The van der Waals surface area contributed by atoms with E-state index in [2.05, 4.69) is 10.2 Å². The Morgan fingerprint density at radius 1 is 1.10 bits per heavy atom.